The van der Waals surface area contributed by atoms with E-state index in [4.69, 9.17) is 15.9 Å². The second kappa shape index (κ2) is 9.49. The van der Waals surface area contributed by atoms with Crippen molar-refractivity contribution in [1.29, 1.82) is 0 Å². The molecule has 0 radical (unpaired) electrons. The quantitative estimate of drug-likeness (QED) is 0.384. The Bertz CT molecular complexity index is 1120. The Morgan fingerprint density at radius 2 is 1.87 bits per heavy atom. The minimum absolute atomic E-state index is 0.0492. The lowest BCUT2D eigenvalue weighted by atomic mass is 10.1. The summed E-state index contributed by atoms with van der Waals surface area (Å²) in [5.74, 6) is 1.70. The predicted molar refractivity (Wildman–Crippen MR) is 120 cm³/mol. The molecule has 0 aromatic heterocycles. The number of nitrogens with one attached hydrogen (secondary N) is 1. The van der Waals surface area contributed by atoms with E-state index in [1.165, 1.54) is 6.08 Å². The molecule has 0 aliphatic carbocycles. The summed E-state index contributed by atoms with van der Waals surface area (Å²) in [5.41, 5.74) is 1.65. The lowest BCUT2D eigenvalue weighted by Gasteiger charge is -2.26. The minimum Gasteiger partial charge on any atom is -0.490 e. The maximum atomic E-state index is 13.0. The highest BCUT2D eigenvalue weighted by molar-refractivity contribution is 9.10. The van der Waals surface area contributed by atoms with E-state index in [-0.39, 0.29) is 12.2 Å². The van der Waals surface area contributed by atoms with Crippen molar-refractivity contribution < 1.29 is 23.9 Å². The molecule has 1 aliphatic rings. The van der Waals surface area contributed by atoms with Crippen molar-refractivity contribution in [3.8, 4) is 23.8 Å². The van der Waals surface area contributed by atoms with Gasteiger partial charge in [-0.05, 0) is 65.7 Å². The third kappa shape index (κ3) is 4.78. The van der Waals surface area contributed by atoms with E-state index in [0.717, 1.165) is 10.5 Å². The first-order valence-electron chi connectivity index (χ1n) is 9.36. The molecule has 1 aliphatic heterocycles. The molecule has 1 fully saturated rings. The highest BCUT2D eigenvalue weighted by atomic mass is 79.9. The van der Waals surface area contributed by atoms with Crippen LogP contribution in [0.4, 0.5) is 10.5 Å². The van der Waals surface area contributed by atoms with Gasteiger partial charge in [0, 0.05) is 0 Å². The van der Waals surface area contributed by atoms with Gasteiger partial charge in [0.1, 0.15) is 12.2 Å². The normalized spacial score (nSPS) is 15.0. The largest absolute Gasteiger partial charge is 0.490 e. The summed E-state index contributed by atoms with van der Waals surface area (Å²) < 4.78 is 11.7. The van der Waals surface area contributed by atoms with Crippen LogP contribution in [0, 0.1) is 19.3 Å². The van der Waals surface area contributed by atoms with Crippen LogP contribution in [0.1, 0.15) is 18.1 Å². The Hall–Kier alpha value is -3.57. The number of halogens is 1. The third-order valence-corrected chi connectivity index (χ3v) is 4.93. The van der Waals surface area contributed by atoms with Crippen molar-refractivity contribution in [2.75, 3.05) is 18.1 Å². The van der Waals surface area contributed by atoms with E-state index in [0.29, 0.717) is 33.8 Å². The van der Waals surface area contributed by atoms with Gasteiger partial charge in [0.05, 0.1) is 16.8 Å². The number of rotatable bonds is 6. The van der Waals surface area contributed by atoms with E-state index in [1.807, 2.05) is 13.8 Å². The Morgan fingerprint density at radius 1 is 1.16 bits per heavy atom. The first kappa shape index (κ1) is 22.1. The average Bonchev–Trinajstić information content (AvgIpc) is 2.72. The lowest BCUT2D eigenvalue weighted by Crippen LogP contribution is -2.54. The number of benzene rings is 2. The molecule has 0 atom stereocenters. The lowest BCUT2D eigenvalue weighted by molar-refractivity contribution is -0.122. The zero-order valence-electron chi connectivity index (χ0n) is 16.9. The molecule has 1 heterocycles. The van der Waals surface area contributed by atoms with Crippen LogP contribution in [-0.2, 0) is 9.59 Å². The van der Waals surface area contributed by atoms with Gasteiger partial charge in [0.15, 0.2) is 11.5 Å². The summed E-state index contributed by atoms with van der Waals surface area (Å²) in [6.07, 6.45) is 6.65. The molecule has 2 aromatic carbocycles. The number of hydrogen-bond acceptors (Lipinski definition) is 5. The molecular weight excluding hydrogens is 464 g/mol. The molecule has 7 nitrogen and oxygen atoms in total. The first-order chi connectivity index (χ1) is 14.8. The maximum Gasteiger partial charge on any atom is 0.335 e. The van der Waals surface area contributed by atoms with E-state index >= 15 is 0 Å². The second-order valence-corrected chi connectivity index (χ2v) is 7.40. The molecule has 3 rings (SSSR count). The molecule has 8 heteroatoms. The number of anilines is 1. The number of barbiturate groups is 1. The molecule has 1 N–H and O–H groups in total. The Morgan fingerprint density at radius 3 is 2.52 bits per heavy atom. The second-order valence-electron chi connectivity index (χ2n) is 6.55. The van der Waals surface area contributed by atoms with Crippen molar-refractivity contribution in [2.24, 2.45) is 0 Å². The van der Waals surface area contributed by atoms with E-state index < -0.39 is 17.8 Å². The van der Waals surface area contributed by atoms with Gasteiger partial charge in [-0.2, -0.15) is 0 Å². The number of urea groups is 1. The van der Waals surface area contributed by atoms with Gasteiger partial charge >= 0.3 is 6.03 Å². The van der Waals surface area contributed by atoms with Crippen LogP contribution in [0.15, 0.2) is 46.4 Å². The highest BCUT2D eigenvalue weighted by Gasteiger charge is 2.36. The van der Waals surface area contributed by atoms with Gasteiger partial charge in [-0.1, -0.05) is 23.6 Å². The van der Waals surface area contributed by atoms with Crippen LogP contribution in [0.5, 0.6) is 11.5 Å². The summed E-state index contributed by atoms with van der Waals surface area (Å²) in [5, 5.41) is 2.21. The Labute approximate surface area is 188 Å². The molecule has 0 saturated carbocycles. The summed E-state index contributed by atoms with van der Waals surface area (Å²) in [6.45, 7) is 4.12. The topological polar surface area (TPSA) is 84.9 Å². The number of amides is 4. The number of carbonyl (C=O) groups excluding carboxylic acids is 3. The Balaban J connectivity index is 2.02. The molecule has 0 bridgehead atoms. The van der Waals surface area contributed by atoms with Gasteiger partial charge in [-0.3, -0.25) is 14.9 Å². The molecule has 158 valence electrons. The van der Waals surface area contributed by atoms with Crippen LogP contribution in [0.3, 0.4) is 0 Å². The standard InChI is InChI=1S/C23H19BrN2O5/c1-4-10-31-20-18(24)12-15(13-19(20)30-5-2)11-17-21(27)25-23(29)26(22(17)28)16-8-6-14(3)7-9-16/h1,6-9,11-13H,5,10H2,2-3H3,(H,25,27,29)/b17-11-. The van der Waals surface area contributed by atoms with Gasteiger partial charge in [-0.15, -0.1) is 6.42 Å². The summed E-state index contributed by atoms with van der Waals surface area (Å²) in [7, 11) is 0. The molecule has 0 unspecified atom stereocenters. The van der Waals surface area contributed by atoms with Crippen LogP contribution in [0.25, 0.3) is 6.08 Å². The number of carbonyl (C=O) groups is 3. The average molecular weight is 483 g/mol. The Kier molecular flexibility index (Phi) is 6.78. The number of hydrogen-bond donors (Lipinski definition) is 1. The number of aryl methyl sites for hydroxylation is 1. The van der Waals surface area contributed by atoms with Gasteiger partial charge in [0.25, 0.3) is 11.8 Å². The summed E-state index contributed by atoms with van der Waals surface area (Å²) >= 11 is 3.41. The van der Waals surface area contributed by atoms with Crippen LogP contribution in [0.2, 0.25) is 0 Å². The zero-order valence-corrected chi connectivity index (χ0v) is 18.5. The monoisotopic (exact) mass is 482 g/mol. The molecule has 4 amide bonds. The third-order valence-electron chi connectivity index (χ3n) is 4.34. The first-order valence-corrected chi connectivity index (χ1v) is 10.2. The molecule has 1 saturated heterocycles. The number of nitrogens with zero attached hydrogens (tertiary/aromatic N) is 1. The number of ether oxygens (including phenoxy) is 2. The van der Waals surface area contributed by atoms with Crippen molar-refractivity contribution >= 4 is 45.5 Å². The fourth-order valence-electron chi connectivity index (χ4n) is 2.94. The highest BCUT2D eigenvalue weighted by Crippen LogP contribution is 2.37. The van der Waals surface area contributed by atoms with Gasteiger partial charge in [0.2, 0.25) is 0 Å². The van der Waals surface area contributed by atoms with Gasteiger partial charge < -0.3 is 9.47 Å². The summed E-state index contributed by atoms with van der Waals surface area (Å²) in [4.78, 5) is 38.7. The zero-order chi connectivity index (χ0) is 22.5. The van der Waals surface area contributed by atoms with Crippen LogP contribution >= 0.6 is 15.9 Å². The number of imide groups is 2. The van der Waals surface area contributed by atoms with Crippen molar-refractivity contribution in [3.05, 3.63) is 57.6 Å². The maximum absolute atomic E-state index is 13.0. The van der Waals surface area contributed by atoms with Crippen molar-refractivity contribution in [2.45, 2.75) is 13.8 Å². The van der Waals surface area contributed by atoms with Crippen LogP contribution in [-0.4, -0.2) is 31.1 Å². The van der Waals surface area contributed by atoms with Crippen LogP contribution < -0.4 is 19.7 Å². The van der Waals surface area contributed by atoms with Gasteiger partial charge in [-0.25, -0.2) is 9.69 Å². The summed E-state index contributed by atoms with van der Waals surface area (Å²) in [6, 6.07) is 9.31. The molecule has 0 spiro atoms. The molecular formula is C23H19BrN2O5. The number of terminal acetylenes is 1. The SMILES string of the molecule is C#CCOc1c(Br)cc(/C=C2/C(=O)NC(=O)N(c3ccc(C)cc3)C2=O)cc1OCC. The van der Waals surface area contributed by atoms with Crippen molar-refractivity contribution in [1.82, 2.24) is 5.32 Å². The molecule has 31 heavy (non-hydrogen) atoms. The van der Waals surface area contributed by atoms with E-state index in [9.17, 15) is 14.4 Å². The fraction of sp³-hybridized carbons (Fsp3) is 0.174. The minimum atomic E-state index is -0.801. The van der Waals surface area contributed by atoms with Crippen molar-refractivity contribution in [3.63, 3.8) is 0 Å². The smallest absolute Gasteiger partial charge is 0.335 e. The predicted octanol–water partition coefficient (Wildman–Crippen LogP) is 3.83. The fourth-order valence-corrected chi connectivity index (χ4v) is 3.51. The van der Waals surface area contributed by atoms with E-state index in [2.05, 4.69) is 27.2 Å². The van der Waals surface area contributed by atoms with E-state index in [1.54, 1.807) is 36.4 Å². The molecule has 2 aromatic rings.